The van der Waals surface area contributed by atoms with Gasteiger partial charge in [-0.25, -0.2) is 4.79 Å². The Morgan fingerprint density at radius 1 is 1.15 bits per heavy atom. The zero-order valence-electron chi connectivity index (χ0n) is 15.5. The maximum Gasteiger partial charge on any atom is 0.319 e. The molecule has 0 aromatic heterocycles. The Morgan fingerprint density at radius 2 is 1.88 bits per heavy atom. The van der Waals surface area contributed by atoms with Crippen LogP contribution in [-0.4, -0.2) is 45.8 Å². The molecule has 7 nitrogen and oxygen atoms in total. The van der Waals surface area contributed by atoms with Crippen molar-refractivity contribution in [3.8, 4) is 11.5 Å². The van der Waals surface area contributed by atoms with Gasteiger partial charge in [0.1, 0.15) is 11.5 Å². The highest BCUT2D eigenvalue weighted by molar-refractivity contribution is 5.91. The van der Waals surface area contributed by atoms with Gasteiger partial charge in [0, 0.05) is 12.0 Å². The molecule has 1 saturated heterocycles. The predicted octanol–water partition coefficient (Wildman–Crippen LogP) is 3.15. The molecule has 1 aliphatic carbocycles. The number of carbonyl (C=O) groups is 1. The standard InChI is InChI=1S/C19H28N2O5/c1-23-15-8-9-16(17(12-15)24-2)21-18(22)20-13-19(25-10-11-26-19)14-6-4-3-5-7-14/h8-9,12,14H,3-7,10-11,13H2,1-2H3,(H2,20,21,22). The highest BCUT2D eigenvalue weighted by atomic mass is 16.7. The molecule has 26 heavy (non-hydrogen) atoms. The Labute approximate surface area is 154 Å². The lowest BCUT2D eigenvalue weighted by atomic mass is 9.83. The zero-order valence-corrected chi connectivity index (χ0v) is 15.5. The summed E-state index contributed by atoms with van der Waals surface area (Å²) in [6.45, 7) is 1.49. The summed E-state index contributed by atoms with van der Waals surface area (Å²) in [7, 11) is 3.14. The molecule has 144 valence electrons. The summed E-state index contributed by atoms with van der Waals surface area (Å²) >= 11 is 0. The summed E-state index contributed by atoms with van der Waals surface area (Å²) < 4.78 is 22.4. The molecule has 2 N–H and O–H groups in total. The van der Waals surface area contributed by atoms with E-state index in [0.29, 0.717) is 42.9 Å². The third-order valence-electron chi connectivity index (χ3n) is 5.16. The maximum atomic E-state index is 12.4. The first-order valence-electron chi connectivity index (χ1n) is 9.21. The van der Waals surface area contributed by atoms with Gasteiger partial charge in [0.2, 0.25) is 0 Å². The Balaban J connectivity index is 1.60. The lowest BCUT2D eigenvalue weighted by Crippen LogP contribution is -2.50. The molecular weight excluding hydrogens is 336 g/mol. The van der Waals surface area contributed by atoms with Gasteiger partial charge in [-0.1, -0.05) is 19.3 Å². The van der Waals surface area contributed by atoms with Crippen molar-refractivity contribution in [1.29, 1.82) is 0 Å². The number of urea groups is 1. The molecular formula is C19H28N2O5. The van der Waals surface area contributed by atoms with Crippen LogP contribution in [0.5, 0.6) is 11.5 Å². The van der Waals surface area contributed by atoms with Crippen molar-refractivity contribution in [2.75, 3.05) is 39.3 Å². The van der Waals surface area contributed by atoms with E-state index in [0.717, 1.165) is 12.8 Å². The minimum atomic E-state index is -0.693. The van der Waals surface area contributed by atoms with Crippen LogP contribution in [0.2, 0.25) is 0 Å². The van der Waals surface area contributed by atoms with E-state index in [1.54, 1.807) is 32.4 Å². The van der Waals surface area contributed by atoms with Gasteiger partial charge >= 0.3 is 6.03 Å². The molecule has 2 fully saturated rings. The molecule has 7 heteroatoms. The zero-order chi connectivity index (χ0) is 18.4. The fourth-order valence-corrected chi connectivity index (χ4v) is 3.77. The molecule has 0 unspecified atom stereocenters. The Hall–Kier alpha value is -1.99. The second kappa shape index (κ2) is 8.60. The number of ether oxygens (including phenoxy) is 4. The molecule has 1 aromatic rings. The molecule has 3 rings (SSSR count). The van der Waals surface area contributed by atoms with Crippen LogP contribution in [0, 0.1) is 5.92 Å². The average molecular weight is 364 g/mol. The van der Waals surface area contributed by atoms with Gasteiger partial charge < -0.3 is 29.6 Å². The normalized spacial score (nSPS) is 19.8. The van der Waals surface area contributed by atoms with Crippen molar-refractivity contribution < 1.29 is 23.7 Å². The monoisotopic (exact) mass is 364 g/mol. The van der Waals surface area contributed by atoms with Crippen molar-refractivity contribution in [3.05, 3.63) is 18.2 Å². The average Bonchev–Trinajstić information content (AvgIpc) is 3.17. The maximum absolute atomic E-state index is 12.4. The molecule has 1 saturated carbocycles. The van der Waals surface area contributed by atoms with Crippen LogP contribution in [0.4, 0.5) is 10.5 Å². The third kappa shape index (κ3) is 4.22. The van der Waals surface area contributed by atoms with Gasteiger partial charge in [-0.05, 0) is 25.0 Å². The molecule has 2 amide bonds. The summed E-state index contributed by atoms with van der Waals surface area (Å²) in [6.07, 6.45) is 5.80. The second-order valence-electron chi connectivity index (χ2n) is 6.72. The van der Waals surface area contributed by atoms with Gasteiger partial charge in [-0.3, -0.25) is 0 Å². The number of benzene rings is 1. The number of hydrogen-bond donors (Lipinski definition) is 2. The Morgan fingerprint density at radius 3 is 2.54 bits per heavy atom. The first-order valence-corrected chi connectivity index (χ1v) is 9.21. The fourth-order valence-electron chi connectivity index (χ4n) is 3.77. The van der Waals surface area contributed by atoms with Crippen LogP contribution in [0.3, 0.4) is 0 Å². The number of nitrogens with one attached hydrogen (secondary N) is 2. The molecule has 2 aliphatic rings. The van der Waals surface area contributed by atoms with Crippen LogP contribution in [-0.2, 0) is 9.47 Å². The van der Waals surface area contributed by atoms with Crippen molar-refractivity contribution in [2.24, 2.45) is 5.92 Å². The van der Waals surface area contributed by atoms with E-state index in [1.165, 1.54) is 19.3 Å². The van der Waals surface area contributed by atoms with E-state index < -0.39 is 5.79 Å². The van der Waals surface area contributed by atoms with Crippen LogP contribution in [0.1, 0.15) is 32.1 Å². The van der Waals surface area contributed by atoms with Crippen LogP contribution < -0.4 is 20.1 Å². The number of hydrogen-bond acceptors (Lipinski definition) is 5. The predicted molar refractivity (Wildman–Crippen MR) is 97.8 cm³/mol. The van der Waals surface area contributed by atoms with E-state index in [4.69, 9.17) is 18.9 Å². The van der Waals surface area contributed by atoms with Crippen molar-refractivity contribution in [2.45, 2.75) is 37.9 Å². The van der Waals surface area contributed by atoms with E-state index in [1.807, 2.05) is 0 Å². The SMILES string of the molecule is COc1ccc(NC(=O)NCC2(C3CCCCC3)OCCO2)c(OC)c1. The number of rotatable bonds is 6. The van der Waals surface area contributed by atoms with E-state index in [9.17, 15) is 4.79 Å². The number of carbonyl (C=O) groups excluding carboxylic acids is 1. The number of amides is 2. The molecule has 0 bridgehead atoms. The van der Waals surface area contributed by atoms with Crippen LogP contribution in [0.15, 0.2) is 18.2 Å². The van der Waals surface area contributed by atoms with E-state index >= 15 is 0 Å². The first kappa shape index (κ1) is 18.8. The minimum Gasteiger partial charge on any atom is -0.497 e. The van der Waals surface area contributed by atoms with Crippen molar-refractivity contribution in [1.82, 2.24) is 5.32 Å². The van der Waals surface area contributed by atoms with Gasteiger partial charge in [-0.2, -0.15) is 0 Å². The van der Waals surface area contributed by atoms with Crippen molar-refractivity contribution in [3.63, 3.8) is 0 Å². The van der Waals surface area contributed by atoms with Gasteiger partial charge in [0.25, 0.3) is 0 Å². The summed E-state index contributed by atoms with van der Waals surface area (Å²) in [4.78, 5) is 12.4. The number of anilines is 1. The molecule has 0 spiro atoms. The van der Waals surface area contributed by atoms with Gasteiger partial charge in [0.05, 0.1) is 39.7 Å². The summed E-state index contributed by atoms with van der Waals surface area (Å²) in [5, 5.41) is 5.72. The third-order valence-corrected chi connectivity index (χ3v) is 5.16. The number of methoxy groups -OCH3 is 2. The molecule has 0 radical (unpaired) electrons. The first-order chi connectivity index (χ1) is 12.7. The quantitative estimate of drug-likeness (QED) is 0.811. The smallest absolute Gasteiger partial charge is 0.319 e. The molecule has 1 aliphatic heterocycles. The molecule has 1 aromatic carbocycles. The highest BCUT2D eigenvalue weighted by Crippen LogP contribution is 2.38. The van der Waals surface area contributed by atoms with Crippen LogP contribution in [0.25, 0.3) is 0 Å². The van der Waals surface area contributed by atoms with Gasteiger partial charge in [0.15, 0.2) is 5.79 Å². The molecule has 0 atom stereocenters. The topological polar surface area (TPSA) is 78.1 Å². The molecule has 1 heterocycles. The summed E-state index contributed by atoms with van der Waals surface area (Å²) in [5.74, 6) is 0.836. The van der Waals surface area contributed by atoms with E-state index in [2.05, 4.69) is 10.6 Å². The van der Waals surface area contributed by atoms with Crippen LogP contribution >= 0.6 is 0 Å². The fraction of sp³-hybridized carbons (Fsp3) is 0.632. The lowest BCUT2D eigenvalue weighted by molar-refractivity contribution is -0.196. The summed E-state index contributed by atoms with van der Waals surface area (Å²) in [6, 6.07) is 4.92. The van der Waals surface area contributed by atoms with Crippen molar-refractivity contribution >= 4 is 11.7 Å². The Kier molecular flexibility index (Phi) is 6.21. The largest absolute Gasteiger partial charge is 0.497 e. The second-order valence-corrected chi connectivity index (χ2v) is 6.72. The Bertz CT molecular complexity index is 610. The van der Waals surface area contributed by atoms with E-state index in [-0.39, 0.29) is 6.03 Å². The highest BCUT2D eigenvalue weighted by Gasteiger charge is 2.44. The minimum absolute atomic E-state index is 0.317. The lowest BCUT2D eigenvalue weighted by Gasteiger charge is -2.37. The van der Waals surface area contributed by atoms with Gasteiger partial charge in [-0.15, -0.1) is 0 Å². The summed E-state index contributed by atoms with van der Waals surface area (Å²) in [5.41, 5.74) is 0.575.